The van der Waals surface area contributed by atoms with Crippen LogP contribution in [0.3, 0.4) is 0 Å². The van der Waals surface area contributed by atoms with Crippen LogP contribution in [0.2, 0.25) is 0 Å². The van der Waals surface area contributed by atoms with Crippen molar-refractivity contribution >= 4 is 44.7 Å². The first-order valence-electron chi connectivity index (χ1n) is 10.3. The van der Waals surface area contributed by atoms with Gasteiger partial charge in [0.15, 0.2) is 0 Å². The number of aromatic nitrogens is 2. The van der Waals surface area contributed by atoms with Crippen molar-refractivity contribution in [3.8, 4) is 11.6 Å². The minimum absolute atomic E-state index is 0.280. The number of nitrogens with one attached hydrogen (secondary N) is 3. The number of carbonyl (C=O) groups is 1. The van der Waals surface area contributed by atoms with Crippen molar-refractivity contribution in [2.24, 2.45) is 0 Å². The van der Waals surface area contributed by atoms with E-state index >= 15 is 0 Å². The summed E-state index contributed by atoms with van der Waals surface area (Å²) in [5, 5.41) is 13.2. The summed E-state index contributed by atoms with van der Waals surface area (Å²) in [7, 11) is 2.15. The van der Waals surface area contributed by atoms with Crippen LogP contribution in [0.15, 0.2) is 65.7 Å². The van der Waals surface area contributed by atoms with Crippen LogP contribution in [0.4, 0.5) is 22.9 Å². The number of carbonyl (C=O) groups excluding carboxylic acids is 1. The maximum Gasteiger partial charge on any atom is 0.247 e. The predicted octanol–water partition coefficient (Wildman–Crippen LogP) is 4.58. The lowest BCUT2D eigenvalue weighted by molar-refractivity contribution is -0.111. The number of ether oxygens (including phenoxy) is 1. The van der Waals surface area contributed by atoms with Gasteiger partial charge in [-0.3, -0.25) is 9.89 Å². The van der Waals surface area contributed by atoms with Gasteiger partial charge in [0.1, 0.15) is 11.6 Å². The van der Waals surface area contributed by atoms with E-state index in [2.05, 4.69) is 72.3 Å². The summed E-state index contributed by atoms with van der Waals surface area (Å²) in [6.45, 7) is 7.63. The van der Waals surface area contributed by atoms with Crippen LogP contribution in [-0.4, -0.2) is 54.2 Å². The SMILES string of the molecule is C=CC(=O)Nc1cccc(Oc2cc(Nc3ccc(N4CCN(C)CC4)cc3Br)[nH]n2)c1. The quantitative estimate of drug-likeness (QED) is 0.415. The molecule has 9 heteroatoms. The molecule has 1 amide bonds. The second-order valence-corrected chi connectivity index (χ2v) is 8.38. The first-order valence-corrected chi connectivity index (χ1v) is 11.1. The molecule has 1 saturated heterocycles. The fourth-order valence-corrected chi connectivity index (χ4v) is 3.85. The summed E-state index contributed by atoms with van der Waals surface area (Å²) >= 11 is 3.67. The summed E-state index contributed by atoms with van der Waals surface area (Å²) in [5.41, 5.74) is 2.74. The number of H-pyrrole nitrogens is 1. The Morgan fingerprint density at radius 3 is 2.75 bits per heavy atom. The van der Waals surface area contributed by atoms with Crippen molar-refractivity contribution in [3.05, 3.63) is 65.7 Å². The number of aromatic amines is 1. The molecule has 4 rings (SSSR count). The molecule has 1 aliphatic rings. The molecule has 0 aliphatic carbocycles. The maximum atomic E-state index is 11.5. The van der Waals surface area contributed by atoms with Crippen LogP contribution in [0.1, 0.15) is 0 Å². The molecule has 0 spiro atoms. The van der Waals surface area contributed by atoms with Crippen molar-refractivity contribution < 1.29 is 9.53 Å². The van der Waals surface area contributed by atoms with Crippen LogP contribution in [0.25, 0.3) is 0 Å². The third-order valence-corrected chi connectivity index (χ3v) is 5.81. The van der Waals surface area contributed by atoms with Crippen LogP contribution >= 0.6 is 15.9 Å². The van der Waals surface area contributed by atoms with E-state index < -0.39 is 0 Å². The van der Waals surface area contributed by atoms with Crippen LogP contribution in [0.5, 0.6) is 11.6 Å². The minimum atomic E-state index is -0.280. The third kappa shape index (κ3) is 5.49. The summed E-state index contributed by atoms with van der Waals surface area (Å²) < 4.78 is 6.78. The Hall–Kier alpha value is -3.30. The average Bonchev–Trinajstić information content (AvgIpc) is 3.22. The van der Waals surface area contributed by atoms with Gasteiger partial charge in [-0.2, -0.15) is 0 Å². The number of rotatable bonds is 7. The number of piperazine rings is 1. The van der Waals surface area contributed by atoms with E-state index in [0.29, 0.717) is 23.1 Å². The van der Waals surface area contributed by atoms with Crippen molar-refractivity contribution in [1.82, 2.24) is 15.1 Å². The molecule has 2 heterocycles. The number of anilines is 4. The van der Waals surface area contributed by atoms with Gasteiger partial charge in [0, 0.05) is 54.2 Å². The molecule has 1 fully saturated rings. The molecule has 0 atom stereocenters. The Balaban J connectivity index is 1.39. The second kappa shape index (κ2) is 9.88. The van der Waals surface area contributed by atoms with Crippen molar-refractivity contribution in [3.63, 3.8) is 0 Å². The first kappa shape index (κ1) is 21.9. The summed E-state index contributed by atoms with van der Waals surface area (Å²) in [4.78, 5) is 16.2. The van der Waals surface area contributed by atoms with Gasteiger partial charge < -0.3 is 25.2 Å². The summed E-state index contributed by atoms with van der Waals surface area (Å²) in [6, 6.07) is 15.1. The van der Waals surface area contributed by atoms with E-state index in [9.17, 15) is 4.79 Å². The second-order valence-electron chi connectivity index (χ2n) is 7.52. The Labute approximate surface area is 195 Å². The van der Waals surface area contributed by atoms with Gasteiger partial charge in [-0.25, -0.2) is 0 Å². The number of amides is 1. The lowest BCUT2D eigenvalue weighted by atomic mass is 10.2. The van der Waals surface area contributed by atoms with Gasteiger partial charge in [0.2, 0.25) is 11.8 Å². The predicted molar refractivity (Wildman–Crippen MR) is 131 cm³/mol. The largest absolute Gasteiger partial charge is 0.437 e. The summed E-state index contributed by atoms with van der Waals surface area (Å²) in [5.74, 6) is 1.38. The van der Waals surface area contributed by atoms with Crippen LogP contribution in [0, 0.1) is 0 Å². The number of hydrogen-bond acceptors (Lipinski definition) is 6. The molecular formula is C23H25BrN6O2. The highest BCUT2D eigenvalue weighted by Crippen LogP contribution is 2.31. The van der Waals surface area contributed by atoms with E-state index in [4.69, 9.17) is 4.74 Å². The molecule has 3 aromatic rings. The van der Waals surface area contributed by atoms with E-state index in [1.54, 1.807) is 30.3 Å². The molecule has 0 saturated carbocycles. The number of hydrogen-bond donors (Lipinski definition) is 3. The van der Waals surface area contributed by atoms with Gasteiger partial charge in [-0.15, -0.1) is 5.10 Å². The van der Waals surface area contributed by atoms with Gasteiger partial charge in [-0.05, 0) is 59.4 Å². The van der Waals surface area contributed by atoms with E-state index in [1.165, 1.54) is 11.8 Å². The standard InChI is InChI=1S/C23H25BrN6O2/c1-3-22(31)25-16-5-4-6-18(13-16)32-23-15-21(27-28-23)26-20-8-7-17(14-19(20)24)30-11-9-29(2)10-12-30/h3-8,13-15H,1,9-12H2,2H3,(H,25,31)(H2,26,27,28). The van der Waals surface area contributed by atoms with Gasteiger partial charge >= 0.3 is 0 Å². The minimum Gasteiger partial charge on any atom is -0.437 e. The highest BCUT2D eigenvalue weighted by Gasteiger charge is 2.15. The number of benzene rings is 2. The molecular weight excluding hydrogens is 472 g/mol. The van der Waals surface area contributed by atoms with Crippen molar-refractivity contribution in [2.45, 2.75) is 0 Å². The Morgan fingerprint density at radius 1 is 1.19 bits per heavy atom. The first-order chi connectivity index (χ1) is 15.5. The highest BCUT2D eigenvalue weighted by atomic mass is 79.9. The topological polar surface area (TPSA) is 85.5 Å². The van der Waals surface area contributed by atoms with Crippen LogP contribution < -0.4 is 20.3 Å². The lowest BCUT2D eigenvalue weighted by Crippen LogP contribution is -2.44. The Morgan fingerprint density at radius 2 is 2.00 bits per heavy atom. The molecule has 0 unspecified atom stereocenters. The fraction of sp³-hybridized carbons (Fsp3) is 0.217. The number of halogens is 1. The monoisotopic (exact) mass is 496 g/mol. The molecule has 32 heavy (non-hydrogen) atoms. The number of nitrogens with zero attached hydrogens (tertiary/aromatic N) is 3. The van der Waals surface area contributed by atoms with Gasteiger partial charge in [0.25, 0.3) is 0 Å². The molecule has 1 aromatic heterocycles. The molecule has 8 nitrogen and oxygen atoms in total. The maximum absolute atomic E-state index is 11.5. The van der Waals surface area contributed by atoms with Gasteiger partial charge in [0.05, 0.1) is 5.69 Å². The van der Waals surface area contributed by atoms with E-state index in [-0.39, 0.29) is 5.91 Å². The normalized spacial score (nSPS) is 14.1. The molecule has 2 aromatic carbocycles. The van der Waals surface area contributed by atoms with Crippen LogP contribution in [-0.2, 0) is 4.79 Å². The Bertz CT molecular complexity index is 1110. The lowest BCUT2D eigenvalue weighted by Gasteiger charge is -2.34. The zero-order valence-electron chi connectivity index (χ0n) is 17.8. The fourth-order valence-electron chi connectivity index (χ4n) is 3.38. The number of likely N-dealkylation sites (N-methyl/N-ethyl adjacent to an activating group) is 1. The zero-order valence-corrected chi connectivity index (χ0v) is 19.4. The zero-order chi connectivity index (χ0) is 22.5. The van der Waals surface area contributed by atoms with Crippen molar-refractivity contribution in [2.75, 3.05) is 48.8 Å². The highest BCUT2D eigenvalue weighted by molar-refractivity contribution is 9.10. The smallest absolute Gasteiger partial charge is 0.247 e. The Kier molecular flexibility index (Phi) is 6.77. The molecule has 166 valence electrons. The van der Waals surface area contributed by atoms with E-state index in [0.717, 1.165) is 36.3 Å². The van der Waals surface area contributed by atoms with Crippen molar-refractivity contribution in [1.29, 1.82) is 0 Å². The molecule has 0 radical (unpaired) electrons. The van der Waals surface area contributed by atoms with E-state index in [1.807, 2.05) is 6.07 Å². The summed E-state index contributed by atoms with van der Waals surface area (Å²) in [6.07, 6.45) is 1.22. The van der Waals surface area contributed by atoms with Gasteiger partial charge in [-0.1, -0.05) is 12.6 Å². The molecule has 1 aliphatic heterocycles. The molecule has 3 N–H and O–H groups in total. The third-order valence-electron chi connectivity index (χ3n) is 5.15. The average molecular weight is 497 g/mol. The molecule has 0 bridgehead atoms.